The van der Waals surface area contributed by atoms with Crippen molar-refractivity contribution in [3.05, 3.63) is 24.0 Å². The van der Waals surface area contributed by atoms with E-state index in [1.807, 2.05) is 0 Å². The molecule has 0 aromatic heterocycles. The fourth-order valence-electron chi connectivity index (χ4n) is 2.27. The Labute approximate surface area is 118 Å². The van der Waals surface area contributed by atoms with E-state index in [0.717, 1.165) is 25.0 Å². The van der Waals surface area contributed by atoms with Crippen LogP contribution in [0.25, 0.3) is 0 Å². The number of ether oxygens (including phenoxy) is 1. The van der Waals surface area contributed by atoms with Crippen molar-refractivity contribution >= 4 is 15.7 Å². The molecule has 0 aliphatic carbocycles. The monoisotopic (exact) mass is 302 g/mol. The lowest BCUT2D eigenvalue weighted by Gasteiger charge is -2.23. The zero-order valence-corrected chi connectivity index (χ0v) is 12.2. The topological polar surface area (TPSA) is 72.6 Å². The smallest absolute Gasteiger partial charge is 0.246 e. The summed E-state index contributed by atoms with van der Waals surface area (Å²) in [7, 11) is -3.89. The number of nitrogen functional groups attached to an aromatic ring is 1. The molecule has 2 N–H and O–H groups in total. The highest BCUT2D eigenvalue weighted by molar-refractivity contribution is 7.89. The molecule has 7 heteroatoms. The van der Waals surface area contributed by atoms with Crippen molar-refractivity contribution in [3.8, 4) is 0 Å². The van der Waals surface area contributed by atoms with Gasteiger partial charge in [0.15, 0.2) is 0 Å². The number of rotatable bonds is 5. The summed E-state index contributed by atoms with van der Waals surface area (Å²) in [6, 6.07) is 3.57. The molecule has 1 aliphatic heterocycles. The predicted octanol–water partition coefficient (Wildman–Crippen LogP) is 1.60. The van der Waals surface area contributed by atoms with Gasteiger partial charge in [-0.25, -0.2) is 12.8 Å². The van der Waals surface area contributed by atoms with Crippen LogP contribution in [0.5, 0.6) is 0 Å². The van der Waals surface area contributed by atoms with Crippen molar-refractivity contribution in [1.82, 2.24) is 4.31 Å². The van der Waals surface area contributed by atoms with Crippen LogP contribution in [-0.4, -0.2) is 38.5 Å². The average molecular weight is 302 g/mol. The van der Waals surface area contributed by atoms with Crippen molar-refractivity contribution in [2.75, 3.05) is 25.4 Å². The molecule has 1 atom stereocenters. The fraction of sp³-hybridized carbons (Fsp3) is 0.538. The van der Waals surface area contributed by atoms with Gasteiger partial charge in [0.2, 0.25) is 10.0 Å². The molecule has 1 unspecified atom stereocenters. The first-order valence-corrected chi connectivity index (χ1v) is 8.06. The van der Waals surface area contributed by atoms with Crippen LogP contribution < -0.4 is 5.73 Å². The summed E-state index contributed by atoms with van der Waals surface area (Å²) in [5.74, 6) is -0.787. The van der Waals surface area contributed by atoms with Crippen LogP contribution >= 0.6 is 0 Å². The van der Waals surface area contributed by atoms with E-state index in [-0.39, 0.29) is 29.8 Å². The molecule has 0 radical (unpaired) electrons. The first kappa shape index (κ1) is 15.2. The van der Waals surface area contributed by atoms with Crippen LogP contribution in [0.1, 0.15) is 19.8 Å². The number of sulfonamides is 1. The minimum Gasteiger partial charge on any atom is -0.399 e. The van der Waals surface area contributed by atoms with Crippen molar-refractivity contribution in [3.63, 3.8) is 0 Å². The summed E-state index contributed by atoms with van der Waals surface area (Å²) in [5.41, 5.74) is 5.78. The third-order valence-corrected chi connectivity index (χ3v) is 5.31. The van der Waals surface area contributed by atoms with Crippen molar-refractivity contribution in [2.24, 2.45) is 0 Å². The second-order valence-corrected chi connectivity index (χ2v) is 6.69. The number of nitrogens with zero attached hydrogens (tertiary/aromatic N) is 1. The summed E-state index contributed by atoms with van der Waals surface area (Å²) in [6.45, 7) is 2.87. The number of hydrogen-bond donors (Lipinski definition) is 1. The first-order chi connectivity index (χ1) is 9.45. The standard InChI is InChI=1S/C13H19FN2O3S/c1-2-16(9-11-4-3-7-19-11)20(17,18)13-8-10(15)5-6-12(13)14/h5-6,8,11H,2-4,7,9,15H2,1H3. The van der Waals surface area contributed by atoms with Gasteiger partial charge in [0.25, 0.3) is 0 Å². The molecule has 5 nitrogen and oxygen atoms in total. The lowest BCUT2D eigenvalue weighted by atomic mass is 10.2. The third-order valence-electron chi connectivity index (χ3n) is 3.36. The van der Waals surface area contributed by atoms with Gasteiger partial charge in [-0.2, -0.15) is 4.31 Å². The molecular formula is C13H19FN2O3S. The Kier molecular flexibility index (Phi) is 4.62. The lowest BCUT2D eigenvalue weighted by molar-refractivity contribution is 0.0946. The number of likely N-dealkylation sites (N-methyl/N-ethyl adjacent to an activating group) is 1. The molecule has 1 aromatic carbocycles. The largest absolute Gasteiger partial charge is 0.399 e. The van der Waals surface area contributed by atoms with Gasteiger partial charge < -0.3 is 10.5 Å². The maximum Gasteiger partial charge on any atom is 0.246 e. The van der Waals surface area contributed by atoms with E-state index in [4.69, 9.17) is 10.5 Å². The maximum atomic E-state index is 13.8. The highest BCUT2D eigenvalue weighted by Crippen LogP contribution is 2.23. The minimum atomic E-state index is -3.89. The van der Waals surface area contributed by atoms with E-state index in [1.165, 1.54) is 10.4 Å². The van der Waals surface area contributed by atoms with Crippen molar-refractivity contribution < 1.29 is 17.5 Å². The molecule has 2 rings (SSSR count). The summed E-state index contributed by atoms with van der Waals surface area (Å²) < 4.78 is 45.5. The minimum absolute atomic E-state index is 0.117. The SMILES string of the molecule is CCN(CC1CCCO1)S(=O)(=O)c1cc(N)ccc1F. The van der Waals surface area contributed by atoms with Gasteiger partial charge in [-0.05, 0) is 31.0 Å². The lowest BCUT2D eigenvalue weighted by Crippen LogP contribution is -2.37. The van der Waals surface area contributed by atoms with Crippen molar-refractivity contribution in [1.29, 1.82) is 0 Å². The zero-order chi connectivity index (χ0) is 14.8. The summed E-state index contributed by atoms with van der Waals surface area (Å²) in [4.78, 5) is -0.377. The summed E-state index contributed by atoms with van der Waals surface area (Å²) in [6.07, 6.45) is 1.63. The van der Waals surface area contributed by atoms with E-state index < -0.39 is 15.8 Å². The van der Waals surface area contributed by atoms with Crippen LogP contribution in [0.4, 0.5) is 10.1 Å². The Morgan fingerprint density at radius 1 is 1.50 bits per heavy atom. The average Bonchev–Trinajstić information content (AvgIpc) is 2.91. The van der Waals surface area contributed by atoms with Crippen LogP contribution in [-0.2, 0) is 14.8 Å². The molecule has 20 heavy (non-hydrogen) atoms. The highest BCUT2D eigenvalue weighted by Gasteiger charge is 2.30. The van der Waals surface area contributed by atoms with Crippen LogP contribution in [0.3, 0.4) is 0 Å². The molecule has 1 saturated heterocycles. The first-order valence-electron chi connectivity index (χ1n) is 6.62. The number of benzene rings is 1. The van der Waals surface area contributed by atoms with Gasteiger partial charge in [0, 0.05) is 25.4 Å². The number of halogens is 1. The van der Waals surface area contributed by atoms with Crippen LogP contribution in [0.15, 0.2) is 23.1 Å². The zero-order valence-electron chi connectivity index (χ0n) is 11.4. The molecule has 0 saturated carbocycles. The maximum absolute atomic E-state index is 13.8. The van der Waals surface area contributed by atoms with Gasteiger partial charge in [0.1, 0.15) is 10.7 Å². The van der Waals surface area contributed by atoms with Gasteiger partial charge in [-0.15, -0.1) is 0 Å². The van der Waals surface area contributed by atoms with E-state index in [9.17, 15) is 12.8 Å². The second kappa shape index (κ2) is 6.07. The predicted molar refractivity (Wildman–Crippen MR) is 74.2 cm³/mol. The Balaban J connectivity index is 2.28. The Morgan fingerprint density at radius 3 is 2.85 bits per heavy atom. The quantitative estimate of drug-likeness (QED) is 0.839. The third kappa shape index (κ3) is 3.11. The van der Waals surface area contributed by atoms with Crippen LogP contribution in [0, 0.1) is 5.82 Å². The normalized spacial score (nSPS) is 19.6. The Morgan fingerprint density at radius 2 is 2.25 bits per heavy atom. The van der Waals surface area contributed by atoms with Gasteiger partial charge in [0.05, 0.1) is 6.10 Å². The van der Waals surface area contributed by atoms with Gasteiger partial charge in [-0.3, -0.25) is 0 Å². The number of hydrogen-bond acceptors (Lipinski definition) is 4. The molecular weight excluding hydrogens is 283 g/mol. The van der Waals surface area contributed by atoms with E-state index in [0.29, 0.717) is 6.61 Å². The molecule has 0 bridgehead atoms. The Bertz CT molecular complexity index is 571. The van der Waals surface area contributed by atoms with Crippen molar-refractivity contribution in [2.45, 2.75) is 30.8 Å². The second-order valence-electron chi connectivity index (χ2n) is 4.78. The molecule has 1 heterocycles. The summed E-state index contributed by atoms with van der Waals surface area (Å²) >= 11 is 0. The number of anilines is 1. The van der Waals surface area contributed by atoms with E-state index in [2.05, 4.69) is 0 Å². The molecule has 112 valence electrons. The van der Waals surface area contributed by atoms with E-state index in [1.54, 1.807) is 6.92 Å². The van der Waals surface area contributed by atoms with E-state index >= 15 is 0 Å². The van der Waals surface area contributed by atoms with Crippen LogP contribution in [0.2, 0.25) is 0 Å². The summed E-state index contributed by atoms with van der Waals surface area (Å²) in [5, 5.41) is 0. The number of nitrogens with two attached hydrogens (primary N) is 1. The molecule has 1 fully saturated rings. The highest BCUT2D eigenvalue weighted by atomic mass is 32.2. The van der Waals surface area contributed by atoms with Gasteiger partial charge in [-0.1, -0.05) is 6.92 Å². The molecule has 0 amide bonds. The molecule has 1 aromatic rings. The molecule has 0 spiro atoms. The Hall–Kier alpha value is -1.18. The molecule has 1 aliphatic rings. The van der Waals surface area contributed by atoms with Gasteiger partial charge >= 0.3 is 0 Å². The fourth-order valence-corrected chi connectivity index (χ4v) is 3.85.